The van der Waals surface area contributed by atoms with Gasteiger partial charge in [0.15, 0.2) is 0 Å². The Morgan fingerprint density at radius 1 is 1.19 bits per heavy atom. The van der Waals surface area contributed by atoms with Crippen LogP contribution >= 0.6 is 47.2 Å². The first-order valence-electron chi connectivity index (χ1n) is 7.84. The third kappa shape index (κ3) is 3.84. The van der Waals surface area contributed by atoms with Crippen molar-refractivity contribution in [2.75, 3.05) is 0 Å². The van der Waals surface area contributed by atoms with Gasteiger partial charge in [0.2, 0.25) is 0 Å². The maximum atomic E-state index is 12.6. The molecule has 4 nitrogen and oxygen atoms in total. The lowest BCUT2D eigenvalue weighted by molar-refractivity contribution is -0.122. The summed E-state index contributed by atoms with van der Waals surface area (Å²) >= 11 is 18.7. The van der Waals surface area contributed by atoms with Crippen LogP contribution < -0.4 is 0 Å². The van der Waals surface area contributed by atoms with Crippen molar-refractivity contribution in [2.45, 2.75) is 6.54 Å². The molecule has 0 N–H and O–H groups in total. The molecule has 1 aliphatic heterocycles. The lowest BCUT2D eigenvalue weighted by atomic mass is 10.2. The average molecular weight is 436 g/mol. The molecule has 1 amide bonds. The summed E-state index contributed by atoms with van der Waals surface area (Å²) in [4.78, 5) is 14.6. The predicted molar refractivity (Wildman–Crippen MR) is 112 cm³/mol. The molecule has 3 aromatic rings. The smallest absolute Gasteiger partial charge is 0.266 e. The average Bonchev–Trinajstić information content (AvgIpc) is 3.34. The molecule has 1 aliphatic rings. The lowest BCUT2D eigenvalue weighted by Gasteiger charge is -2.11. The summed E-state index contributed by atoms with van der Waals surface area (Å²) in [5.41, 5.74) is 0.728. The molecule has 3 heterocycles. The van der Waals surface area contributed by atoms with Gasteiger partial charge in [-0.15, -0.1) is 0 Å². The van der Waals surface area contributed by atoms with Gasteiger partial charge in [0.25, 0.3) is 5.91 Å². The standard InChI is InChI=1S/C19H11Cl2NO3S2/c20-11-3-5-14(15(21)8-11)16-6-4-12(25-16)9-17-18(23)22(19(26)27-17)10-13-2-1-7-24-13/h1-9H,10H2/b17-9+. The van der Waals surface area contributed by atoms with Crippen molar-refractivity contribution in [3.05, 3.63) is 75.2 Å². The topological polar surface area (TPSA) is 46.6 Å². The fourth-order valence-electron chi connectivity index (χ4n) is 2.59. The summed E-state index contributed by atoms with van der Waals surface area (Å²) < 4.78 is 11.6. The maximum Gasteiger partial charge on any atom is 0.266 e. The normalized spacial score (nSPS) is 15.9. The fourth-order valence-corrected chi connectivity index (χ4v) is 4.33. The Morgan fingerprint density at radius 3 is 2.78 bits per heavy atom. The van der Waals surface area contributed by atoms with Crippen LogP contribution in [0.4, 0.5) is 0 Å². The van der Waals surface area contributed by atoms with E-state index in [0.29, 0.717) is 43.1 Å². The van der Waals surface area contributed by atoms with Crippen molar-refractivity contribution in [3.8, 4) is 11.3 Å². The number of hydrogen-bond acceptors (Lipinski definition) is 5. The molecule has 0 unspecified atom stereocenters. The highest BCUT2D eigenvalue weighted by atomic mass is 35.5. The van der Waals surface area contributed by atoms with Crippen LogP contribution in [-0.2, 0) is 11.3 Å². The Labute approximate surface area is 174 Å². The summed E-state index contributed by atoms with van der Waals surface area (Å²) in [6, 6.07) is 12.3. The van der Waals surface area contributed by atoms with Gasteiger partial charge in [-0.25, -0.2) is 0 Å². The van der Waals surface area contributed by atoms with Crippen LogP contribution in [0.5, 0.6) is 0 Å². The minimum Gasteiger partial charge on any atom is -0.467 e. The molecule has 0 bridgehead atoms. The van der Waals surface area contributed by atoms with Crippen LogP contribution in [0.2, 0.25) is 10.0 Å². The number of halogens is 2. The number of nitrogens with zero attached hydrogens (tertiary/aromatic N) is 1. The second-order valence-electron chi connectivity index (χ2n) is 5.67. The predicted octanol–water partition coefficient (Wildman–Crippen LogP) is 6.25. The van der Waals surface area contributed by atoms with E-state index < -0.39 is 0 Å². The first-order valence-corrected chi connectivity index (χ1v) is 9.82. The van der Waals surface area contributed by atoms with Gasteiger partial charge in [-0.2, -0.15) is 0 Å². The van der Waals surface area contributed by atoms with E-state index in [0.717, 1.165) is 5.56 Å². The van der Waals surface area contributed by atoms with Crippen LogP contribution in [0.15, 0.2) is 62.5 Å². The third-order valence-electron chi connectivity index (χ3n) is 3.86. The second kappa shape index (κ2) is 7.56. The Bertz CT molecular complexity index is 1060. The summed E-state index contributed by atoms with van der Waals surface area (Å²) in [5, 5.41) is 1.05. The fraction of sp³-hybridized carbons (Fsp3) is 0.0526. The zero-order valence-electron chi connectivity index (χ0n) is 13.6. The van der Waals surface area contributed by atoms with Crippen molar-refractivity contribution >= 4 is 63.5 Å². The molecule has 0 spiro atoms. The van der Waals surface area contributed by atoms with Crippen LogP contribution in [-0.4, -0.2) is 15.1 Å². The molecule has 0 aliphatic carbocycles. The van der Waals surface area contributed by atoms with Gasteiger partial charge in [-0.1, -0.05) is 47.2 Å². The summed E-state index contributed by atoms with van der Waals surface area (Å²) in [5.74, 6) is 1.62. The molecule has 2 aromatic heterocycles. The number of thioether (sulfide) groups is 1. The second-order valence-corrected chi connectivity index (χ2v) is 8.19. The minimum atomic E-state index is -0.177. The number of benzene rings is 1. The Hall–Kier alpha value is -1.99. The zero-order chi connectivity index (χ0) is 19.0. The first-order chi connectivity index (χ1) is 13.0. The number of furan rings is 2. The van der Waals surface area contributed by atoms with Crippen LogP contribution in [0.25, 0.3) is 17.4 Å². The number of carbonyl (C=O) groups excluding carboxylic acids is 1. The molecule has 1 fully saturated rings. The van der Waals surface area contributed by atoms with E-state index in [1.54, 1.807) is 54.8 Å². The maximum absolute atomic E-state index is 12.6. The molecule has 0 atom stereocenters. The summed E-state index contributed by atoms with van der Waals surface area (Å²) in [6.07, 6.45) is 3.24. The molecule has 0 radical (unpaired) electrons. The SMILES string of the molecule is O=C1/C(=C\c2ccc(-c3ccc(Cl)cc3Cl)o2)SC(=S)N1Cc1ccco1. The number of rotatable bonds is 4. The highest BCUT2D eigenvalue weighted by molar-refractivity contribution is 8.26. The van der Waals surface area contributed by atoms with Gasteiger partial charge in [-0.3, -0.25) is 9.69 Å². The molecular formula is C19H11Cl2NO3S2. The van der Waals surface area contributed by atoms with Gasteiger partial charge in [0.1, 0.15) is 21.6 Å². The molecule has 8 heteroatoms. The number of carbonyl (C=O) groups is 1. The minimum absolute atomic E-state index is 0.177. The van der Waals surface area contributed by atoms with Crippen molar-refractivity contribution in [1.29, 1.82) is 0 Å². The molecule has 0 saturated carbocycles. The molecule has 4 rings (SSSR count). The van der Waals surface area contributed by atoms with E-state index in [9.17, 15) is 4.79 Å². The van der Waals surface area contributed by atoms with Crippen molar-refractivity contribution in [3.63, 3.8) is 0 Å². The van der Waals surface area contributed by atoms with E-state index in [1.807, 2.05) is 0 Å². The zero-order valence-corrected chi connectivity index (χ0v) is 16.8. The number of hydrogen-bond donors (Lipinski definition) is 0. The highest BCUT2D eigenvalue weighted by Crippen LogP contribution is 2.36. The van der Waals surface area contributed by atoms with Crippen LogP contribution in [0, 0.1) is 0 Å². The van der Waals surface area contributed by atoms with E-state index in [-0.39, 0.29) is 5.91 Å². The molecular weight excluding hydrogens is 425 g/mol. The van der Waals surface area contributed by atoms with Crippen molar-refractivity contribution in [2.24, 2.45) is 0 Å². The highest BCUT2D eigenvalue weighted by Gasteiger charge is 2.32. The largest absolute Gasteiger partial charge is 0.467 e. The lowest BCUT2D eigenvalue weighted by Crippen LogP contribution is -2.27. The Kier molecular flexibility index (Phi) is 5.14. The van der Waals surface area contributed by atoms with Gasteiger partial charge in [-0.05, 0) is 42.5 Å². The van der Waals surface area contributed by atoms with Crippen molar-refractivity contribution in [1.82, 2.24) is 4.90 Å². The summed E-state index contributed by atoms with van der Waals surface area (Å²) in [6.45, 7) is 0.304. The first kappa shape index (κ1) is 18.4. The van der Waals surface area contributed by atoms with Crippen LogP contribution in [0.1, 0.15) is 11.5 Å². The third-order valence-corrected chi connectivity index (χ3v) is 5.79. The van der Waals surface area contributed by atoms with E-state index >= 15 is 0 Å². The van der Waals surface area contributed by atoms with E-state index in [1.165, 1.54) is 16.7 Å². The number of amides is 1. The molecule has 1 aromatic carbocycles. The van der Waals surface area contributed by atoms with Gasteiger partial charge in [0, 0.05) is 16.7 Å². The van der Waals surface area contributed by atoms with Crippen molar-refractivity contribution < 1.29 is 13.6 Å². The van der Waals surface area contributed by atoms with Gasteiger partial charge < -0.3 is 8.83 Å². The molecule has 1 saturated heterocycles. The quantitative estimate of drug-likeness (QED) is 0.358. The van der Waals surface area contributed by atoms with Gasteiger partial charge in [0.05, 0.1) is 22.7 Å². The Balaban J connectivity index is 1.56. The molecule has 27 heavy (non-hydrogen) atoms. The monoisotopic (exact) mass is 435 g/mol. The van der Waals surface area contributed by atoms with E-state index in [2.05, 4.69) is 0 Å². The Morgan fingerprint density at radius 2 is 2.04 bits per heavy atom. The molecule has 136 valence electrons. The van der Waals surface area contributed by atoms with E-state index in [4.69, 9.17) is 44.3 Å². The van der Waals surface area contributed by atoms with Gasteiger partial charge >= 0.3 is 0 Å². The van der Waals surface area contributed by atoms with Crippen LogP contribution in [0.3, 0.4) is 0 Å². The number of thiocarbonyl (C=S) groups is 1. The summed E-state index contributed by atoms with van der Waals surface area (Å²) in [7, 11) is 0.